The fourth-order valence-electron chi connectivity index (χ4n) is 1.24. The summed E-state index contributed by atoms with van der Waals surface area (Å²) >= 11 is 5.82. The van der Waals surface area contributed by atoms with Crippen molar-refractivity contribution in [3.8, 4) is 5.75 Å². The molecule has 0 aromatic heterocycles. The zero-order valence-corrected chi connectivity index (χ0v) is 8.05. The van der Waals surface area contributed by atoms with Crippen LogP contribution in [0.3, 0.4) is 0 Å². The Morgan fingerprint density at radius 3 is 2.92 bits per heavy atom. The maximum absolute atomic E-state index is 5.82. The smallest absolute Gasteiger partial charge is 0.120 e. The molecule has 0 radical (unpaired) electrons. The van der Waals surface area contributed by atoms with Gasteiger partial charge in [-0.15, -0.1) is 0 Å². The number of benzene rings is 1. The zero-order chi connectivity index (χ0) is 9.10. The van der Waals surface area contributed by atoms with Crippen LogP contribution >= 0.6 is 11.6 Å². The van der Waals surface area contributed by atoms with Crippen molar-refractivity contribution in [2.24, 2.45) is 5.92 Å². The van der Waals surface area contributed by atoms with Crippen molar-refractivity contribution >= 4 is 11.6 Å². The molecule has 1 fully saturated rings. The molecule has 0 amide bonds. The molecule has 1 aliphatic rings. The lowest BCUT2D eigenvalue weighted by molar-refractivity contribution is 0.199. The van der Waals surface area contributed by atoms with Crippen LogP contribution in [0.2, 0.25) is 5.02 Å². The highest BCUT2D eigenvalue weighted by atomic mass is 35.5. The van der Waals surface area contributed by atoms with E-state index in [1.54, 1.807) is 0 Å². The molecule has 3 heteroatoms. The number of nitrogens with one attached hydrogen (secondary N) is 1. The molecule has 2 rings (SSSR count). The second-order valence-corrected chi connectivity index (χ2v) is 3.73. The van der Waals surface area contributed by atoms with E-state index in [4.69, 9.17) is 16.3 Å². The quantitative estimate of drug-likeness (QED) is 0.800. The molecule has 1 N–H and O–H groups in total. The second kappa shape index (κ2) is 3.99. The molecule has 70 valence electrons. The highest BCUT2D eigenvalue weighted by Crippen LogP contribution is 2.18. The van der Waals surface area contributed by atoms with Crippen molar-refractivity contribution in [2.45, 2.75) is 0 Å². The van der Waals surface area contributed by atoms with Crippen LogP contribution in [0.1, 0.15) is 0 Å². The molecule has 1 aromatic rings. The highest BCUT2D eigenvalue weighted by Gasteiger charge is 2.16. The predicted molar refractivity (Wildman–Crippen MR) is 53.3 cm³/mol. The van der Waals surface area contributed by atoms with Gasteiger partial charge in [0, 0.05) is 24.0 Å². The van der Waals surface area contributed by atoms with Gasteiger partial charge in [-0.3, -0.25) is 0 Å². The second-order valence-electron chi connectivity index (χ2n) is 3.29. The zero-order valence-electron chi connectivity index (χ0n) is 7.29. The molecule has 2 nitrogen and oxygen atoms in total. The van der Waals surface area contributed by atoms with Crippen LogP contribution in [-0.2, 0) is 0 Å². The molecular formula is C10H12ClNO. The Morgan fingerprint density at radius 2 is 2.31 bits per heavy atom. The summed E-state index contributed by atoms with van der Waals surface area (Å²) < 4.78 is 5.57. The largest absolute Gasteiger partial charge is 0.493 e. The average molecular weight is 198 g/mol. The van der Waals surface area contributed by atoms with E-state index in [9.17, 15) is 0 Å². The van der Waals surface area contributed by atoms with Gasteiger partial charge in [0.25, 0.3) is 0 Å². The minimum atomic E-state index is 0.666. The first kappa shape index (κ1) is 8.85. The van der Waals surface area contributed by atoms with Crippen LogP contribution in [0, 0.1) is 5.92 Å². The summed E-state index contributed by atoms with van der Waals surface area (Å²) in [5.41, 5.74) is 0. The molecule has 13 heavy (non-hydrogen) atoms. The van der Waals surface area contributed by atoms with E-state index >= 15 is 0 Å². The molecule has 0 aliphatic carbocycles. The van der Waals surface area contributed by atoms with Crippen molar-refractivity contribution in [3.05, 3.63) is 29.3 Å². The minimum absolute atomic E-state index is 0.666. The van der Waals surface area contributed by atoms with Crippen molar-refractivity contribution in [2.75, 3.05) is 19.7 Å². The lowest BCUT2D eigenvalue weighted by Crippen LogP contribution is -2.45. The normalized spacial score (nSPS) is 16.7. The number of rotatable bonds is 3. The standard InChI is InChI=1S/C10H12ClNO/c11-9-2-1-3-10(4-9)13-7-8-5-12-6-8/h1-4,8,12H,5-7H2. The Morgan fingerprint density at radius 1 is 1.46 bits per heavy atom. The van der Waals surface area contributed by atoms with Gasteiger partial charge in [-0.05, 0) is 18.2 Å². The first-order chi connectivity index (χ1) is 6.34. The lowest BCUT2D eigenvalue weighted by atomic mass is 10.1. The van der Waals surface area contributed by atoms with Gasteiger partial charge in [0.2, 0.25) is 0 Å². The van der Waals surface area contributed by atoms with E-state index in [2.05, 4.69) is 5.32 Å². The summed E-state index contributed by atoms with van der Waals surface area (Å²) in [6.45, 7) is 2.93. The van der Waals surface area contributed by atoms with Gasteiger partial charge in [-0.1, -0.05) is 17.7 Å². The van der Waals surface area contributed by atoms with Crippen molar-refractivity contribution < 1.29 is 4.74 Å². The molecule has 0 unspecified atom stereocenters. The fraction of sp³-hybridized carbons (Fsp3) is 0.400. The molecule has 0 spiro atoms. The van der Waals surface area contributed by atoms with E-state index in [-0.39, 0.29) is 0 Å². The Labute approximate surface area is 82.9 Å². The van der Waals surface area contributed by atoms with Gasteiger partial charge in [0.15, 0.2) is 0 Å². The van der Waals surface area contributed by atoms with Crippen LogP contribution in [0.25, 0.3) is 0 Å². The fourth-order valence-corrected chi connectivity index (χ4v) is 1.42. The van der Waals surface area contributed by atoms with Crippen LogP contribution in [-0.4, -0.2) is 19.7 Å². The molecule has 0 atom stereocenters. The lowest BCUT2D eigenvalue weighted by Gasteiger charge is -2.26. The topological polar surface area (TPSA) is 21.3 Å². The van der Waals surface area contributed by atoms with E-state index in [1.807, 2.05) is 24.3 Å². The minimum Gasteiger partial charge on any atom is -0.493 e. The Bertz CT molecular complexity index is 286. The van der Waals surface area contributed by atoms with Gasteiger partial charge in [-0.2, -0.15) is 0 Å². The summed E-state index contributed by atoms with van der Waals surface area (Å²) in [4.78, 5) is 0. The molecule has 0 saturated carbocycles. The first-order valence-corrected chi connectivity index (χ1v) is 4.81. The highest BCUT2D eigenvalue weighted by molar-refractivity contribution is 6.30. The van der Waals surface area contributed by atoms with Gasteiger partial charge in [0.1, 0.15) is 5.75 Å². The molecular weight excluding hydrogens is 186 g/mol. The molecule has 1 heterocycles. The number of ether oxygens (including phenoxy) is 1. The Hall–Kier alpha value is -0.730. The summed E-state index contributed by atoms with van der Waals surface area (Å²) in [5, 5.41) is 3.93. The third-order valence-corrected chi connectivity index (χ3v) is 2.38. The first-order valence-electron chi connectivity index (χ1n) is 4.44. The average Bonchev–Trinajstić information content (AvgIpc) is 2.01. The summed E-state index contributed by atoms with van der Waals surface area (Å²) in [6, 6.07) is 7.52. The summed E-state index contributed by atoms with van der Waals surface area (Å²) in [7, 11) is 0. The Kier molecular flexibility index (Phi) is 2.71. The molecule has 1 saturated heterocycles. The van der Waals surface area contributed by atoms with Crippen molar-refractivity contribution in [1.29, 1.82) is 0 Å². The van der Waals surface area contributed by atoms with Crippen molar-refractivity contribution in [3.63, 3.8) is 0 Å². The molecule has 1 aliphatic heterocycles. The maximum Gasteiger partial charge on any atom is 0.120 e. The van der Waals surface area contributed by atoms with E-state index in [0.29, 0.717) is 5.92 Å². The summed E-state index contributed by atoms with van der Waals surface area (Å²) in [5.74, 6) is 1.53. The third-order valence-electron chi connectivity index (χ3n) is 2.15. The van der Waals surface area contributed by atoms with E-state index in [0.717, 1.165) is 30.5 Å². The van der Waals surface area contributed by atoms with E-state index < -0.39 is 0 Å². The number of hydrogen-bond donors (Lipinski definition) is 1. The van der Waals surface area contributed by atoms with Gasteiger partial charge >= 0.3 is 0 Å². The van der Waals surface area contributed by atoms with Crippen LogP contribution in [0.15, 0.2) is 24.3 Å². The Balaban J connectivity index is 1.86. The predicted octanol–water partition coefficient (Wildman–Crippen LogP) is 1.94. The third kappa shape index (κ3) is 2.36. The maximum atomic E-state index is 5.82. The van der Waals surface area contributed by atoms with Crippen molar-refractivity contribution in [1.82, 2.24) is 5.32 Å². The van der Waals surface area contributed by atoms with Gasteiger partial charge in [-0.25, -0.2) is 0 Å². The molecule has 0 bridgehead atoms. The van der Waals surface area contributed by atoms with Gasteiger partial charge < -0.3 is 10.1 Å². The number of halogens is 1. The van der Waals surface area contributed by atoms with Gasteiger partial charge in [0.05, 0.1) is 6.61 Å². The van der Waals surface area contributed by atoms with Crippen LogP contribution in [0.4, 0.5) is 0 Å². The number of hydrogen-bond acceptors (Lipinski definition) is 2. The van der Waals surface area contributed by atoms with E-state index in [1.165, 1.54) is 0 Å². The summed E-state index contributed by atoms with van der Waals surface area (Å²) in [6.07, 6.45) is 0. The molecule has 1 aromatic carbocycles. The monoisotopic (exact) mass is 197 g/mol. The SMILES string of the molecule is Clc1cccc(OCC2CNC2)c1. The van der Waals surface area contributed by atoms with Crippen LogP contribution < -0.4 is 10.1 Å². The van der Waals surface area contributed by atoms with Crippen LogP contribution in [0.5, 0.6) is 5.75 Å².